The number of aryl methyl sites for hydroxylation is 2. The minimum Gasteiger partial charge on any atom is -0.456 e. The van der Waals surface area contributed by atoms with Crippen molar-refractivity contribution in [1.29, 1.82) is 0 Å². The molecule has 15 aromatic rings. The molecule has 3 heterocycles. The molecule has 354 valence electrons. The second-order valence-corrected chi connectivity index (χ2v) is 19.7. The van der Waals surface area contributed by atoms with Crippen molar-refractivity contribution in [2.45, 2.75) is 13.8 Å². The third kappa shape index (κ3) is 6.71. The molecule has 0 saturated heterocycles. The Morgan fingerprint density at radius 1 is 0.267 bits per heavy atom. The van der Waals surface area contributed by atoms with Crippen LogP contribution in [0.25, 0.3) is 110 Å². The molecule has 0 spiro atoms. The standard InChI is InChI=1S/C70H46N2O3/c1-43-33-37-47(38-34-43)71(59-31-15-29-57-55-27-13-25-49(67(55)74-69(57)59)45-17-5-3-6-18-45)61-41-63-65(53-23-11-9-21-51(53)61)66-54-24-12-10-22-52(54)62(42-64(66)73-63)72(48-39-35-44(2)36-40-48)60-32-16-30-58-56-28-14-26-50(68(56)75-70(58)60)46-19-7-4-8-20-46/h3-42H,1-2H3. The van der Waals surface area contributed by atoms with E-state index in [1.165, 1.54) is 11.1 Å². The van der Waals surface area contributed by atoms with E-state index in [0.717, 1.165) is 144 Å². The van der Waals surface area contributed by atoms with Gasteiger partial charge in [0.25, 0.3) is 0 Å². The highest BCUT2D eigenvalue weighted by Gasteiger charge is 2.28. The molecular formula is C70H46N2O3. The Morgan fingerprint density at radius 2 is 0.613 bits per heavy atom. The van der Waals surface area contributed by atoms with Gasteiger partial charge in [-0.25, -0.2) is 0 Å². The van der Waals surface area contributed by atoms with Crippen LogP contribution >= 0.6 is 0 Å². The van der Waals surface area contributed by atoms with Crippen LogP contribution in [0.1, 0.15) is 11.1 Å². The molecule has 0 aliphatic heterocycles. The highest BCUT2D eigenvalue weighted by Crippen LogP contribution is 2.52. The van der Waals surface area contributed by atoms with Crippen molar-refractivity contribution in [3.8, 4) is 22.3 Å². The number of hydrogen-bond acceptors (Lipinski definition) is 5. The van der Waals surface area contributed by atoms with Crippen LogP contribution in [0.3, 0.4) is 0 Å². The van der Waals surface area contributed by atoms with Gasteiger partial charge in [-0.3, -0.25) is 0 Å². The first-order chi connectivity index (χ1) is 37.0. The number of furan rings is 3. The second kappa shape index (κ2) is 16.9. The van der Waals surface area contributed by atoms with Gasteiger partial charge >= 0.3 is 0 Å². The summed E-state index contributed by atoms with van der Waals surface area (Å²) in [6.07, 6.45) is 0. The van der Waals surface area contributed by atoms with Crippen LogP contribution in [0.2, 0.25) is 0 Å². The number of para-hydroxylation sites is 4. The van der Waals surface area contributed by atoms with Gasteiger partial charge in [0, 0.05) is 77.7 Å². The Morgan fingerprint density at radius 3 is 1.03 bits per heavy atom. The van der Waals surface area contributed by atoms with Gasteiger partial charge in [0.2, 0.25) is 0 Å². The van der Waals surface area contributed by atoms with Crippen molar-refractivity contribution in [2.24, 2.45) is 0 Å². The van der Waals surface area contributed by atoms with Crippen LogP contribution in [0.5, 0.6) is 0 Å². The lowest BCUT2D eigenvalue weighted by Gasteiger charge is -2.27. The zero-order valence-corrected chi connectivity index (χ0v) is 41.2. The first-order valence-corrected chi connectivity index (χ1v) is 25.6. The zero-order chi connectivity index (χ0) is 49.7. The van der Waals surface area contributed by atoms with Crippen LogP contribution in [0.4, 0.5) is 34.1 Å². The highest BCUT2D eigenvalue weighted by molar-refractivity contribution is 6.30. The predicted octanol–water partition coefficient (Wildman–Crippen LogP) is 20.6. The lowest BCUT2D eigenvalue weighted by molar-refractivity contribution is 0.668. The van der Waals surface area contributed by atoms with Gasteiger partial charge in [-0.15, -0.1) is 0 Å². The summed E-state index contributed by atoms with van der Waals surface area (Å²) in [6, 6.07) is 86.4. The third-order valence-corrected chi connectivity index (χ3v) is 15.2. The molecule has 0 saturated carbocycles. The van der Waals surface area contributed by atoms with E-state index >= 15 is 0 Å². The van der Waals surface area contributed by atoms with Crippen molar-refractivity contribution in [2.75, 3.05) is 9.80 Å². The molecule has 0 atom stereocenters. The Labute approximate surface area is 432 Å². The van der Waals surface area contributed by atoms with E-state index in [4.69, 9.17) is 13.3 Å². The van der Waals surface area contributed by atoms with Gasteiger partial charge < -0.3 is 23.1 Å². The third-order valence-electron chi connectivity index (χ3n) is 15.2. The first-order valence-electron chi connectivity index (χ1n) is 25.6. The first kappa shape index (κ1) is 42.8. The van der Waals surface area contributed by atoms with Crippen LogP contribution in [-0.4, -0.2) is 0 Å². The Balaban J connectivity index is 0.985. The minimum absolute atomic E-state index is 0.788. The lowest BCUT2D eigenvalue weighted by atomic mass is 9.96. The Hall–Kier alpha value is -9.84. The molecule has 0 N–H and O–H groups in total. The number of benzene rings is 12. The average Bonchev–Trinajstić information content (AvgIpc) is 4.18. The summed E-state index contributed by atoms with van der Waals surface area (Å²) >= 11 is 0. The molecule has 3 aromatic heterocycles. The zero-order valence-electron chi connectivity index (χ0n) is 41.2. The van der Waals surface area contributed by atoms with Crippen LogP contribution in [-0.2, 0) is 0 Å². The van der Waals surface area contributed by atoms with Crippen molar-refractivity contribution in [1.82, 2.24) is 0 Å². The van der Waals surface area contributed by atoms with Crippen LogP contribution in [0, 0.1) is 13.8 Å². The molecule has 0 radical (unpaired) electrons. The smallest absolute Gasteiger partial charge is 0.159 e. The van der Waals surface area contributed by atoms with Crippen LogP contribution < -0.4 is 9.80 Å². The molecule has 12 aromatic carbocycles. The van der Waals surface area contributed by atoms with E-state index in [1.54, 1.807) is 0 Å². The van der Waals surface area contributed by atoms with E-state index in [-0.39, 0.29) is 0 Å². The summed E-state index contributed by atoms with van der Waals surface area (Å²) in [5, 5.41) is 10.8. The molecule has 5 heteroatoms. The molecule has 0 unspecified atom stereocenters. The average molecular weight is 963 g/mol. The van der Waals surface area contributed by atoms with Gasteiger partial charge in [0.05, 0.1) is 22.7 Å². The molecule has 0 aliphatic rings. The topological polar surface area (TPSA) is 45.9 Å². The van der Waals surface area contributed by atoms with Gasteiger partial charge in [-0.1, -0.05) is 205 Å². The molecule has 75 heavy (non-hydrogen) atoms. The Bertz CT molecular complexity index is 4420. The molecular weight excluding hydrogens is 917 g/mol. The molecule has 0 aliphatic carbocycles. The van der Waals surface area contributed by atoms with Gasteiger partial charge in [0.1, 0.15) is 22.3 Å². The van der Waals surface area contributed by atoms with Crippen molar-refractivity contribution in [3.63, 3.8) is 0 Å². The van der Waals surface area contributed by atoms with Gasteiger partial charge in [-0.2, -0.15) is 0 Å². The molecule has 0 amide bonds. The van der Waals surface area contributed by atoms with E-state index in [1.807, 2.05) is 0 Å². The number of nitrogens with zero attached hydrogens (tertiary/aromatic N) is 2. The Kier molecular flexibility index (Phi) is 9.63. The fraction of sp³-hybridized carbons (Fsp3) is 0.0286. The number of anilines is 6. The van der Waals surface area contributed by atoms with Crippen LogP contribution in [0.15, 0.2) is 256 Å². The van der Waals surface area contributed by atoms with E-state index in [2.05, 4.69) is 266 Å². The van der Waals surface area contributed by atoms with Crippen molar-refractivity contribution < 1.29 is 13.3 Å². The maximum Gasteiger partial charge on any atom is 0.159 e. The highest BCUT2D eigenvalue weighted by atomic mass is 16.3. The molecule has 0 fully saturated rings. The second-order valence-electron chi connectivity index (χ2n) is 19.7. The molecule has 15 rings (SSSR count). The van der Waals surface area contributed by atoms with Gasteiger partial charge in [-0.05, 0) is 72.1 Å². The van der Waals surface area contributed by atoms with E-state index in [9.17, 15) is 0 Å². The largest absolute Gasteiger partial charge is 0.456 e. The predicted molar refractivity (Wildman–Crippen MR) is 313 cm³/mol. The number of fused-ring (bicyclic) bond motifs is 13. The number of hydrogen-bond donors (Lipinski definition) is 0. The summed E-state index contributed by atoms with van der Waals surface area (Å²) in [5.41, 5.74) is 17.5. The fourth-order valence-electron chi connectivity index (χ4n) is 11.7. The quantitative estimate of drug-likeness (QED) is 0.152. The summed E-state index contributed by atoms with van der Waals surface area (Å²) in [4.78, 5) is 4.70. The summed E-state index contributed by atoms with van der Waals surface area (Å²) in [6.45, 7) is 4.26. The van der Waals surface area contributed by atoms with E-state index in [0.29, 0.717) is 0 Å². The fourth-order valence-corrected chi connectivity index (χ4v) is 11.7. The monoisotopic (exact) mass is 962 g/mol. The molecule has 5 nitrogen and oxygen atoms in total. The SMILES string of the molecule is Cc1ccc(N(c2cc3oc4cc(N(c5ccc(C)cc5)c5cccc6c5oc5c(-c7ccccc7)cccc56)c5ccccc5c4c3c3ccccc23)c2cccc3c2oc2c(-c4ccccc4)cccc23)cc1. The van der Waals surface area contributed by atoms with E-state index < -0.39 is 0 Å². The summed E-state index contributed by atoms with van der Waals surface area (Å²) in [7, 11) is 0. The summed E-state index contributed by atoms with van der Waals surface area (Å²) in [5.74, 6) is 0. The maximum atomic E-state index is 7.33. The van der Waals surface area contributed by atoms with Crippen molar-refractivity contribution in [3.05, 3.63) is 254 Å². The summed E-state index contributed by atoms with van der Waals surface area (Å²) < 4.78 is 21.6. The van der Waals surface area contributed by atoms with Crippen molar-refractivity contribution >= 4 is 121 Å². The number of rotatable bonds is 8. The minimum atomic E-state index is 0.788. The lowest BCUT2D eigenvalue weighted by Crippen LogP contribution is -2.11. The normalized spacial score (nSPS) is 11.9. The van der Waals surface area contributed by atoms with Gasteiger partial charge in [0.15, 0.2) is 11.2 Å². The maximum absolute atomic E-state index is 7.33. The molecule has 0 bridgehead atoms.